The van der Waals surface area contributed by atoms with Crippen molar-refractivity contribution in [3.63, 3.8) is 0 Å². The second kappa shape index (κ2) is 3.20. The lowest BCUT2D eigenvalue weighted by atomic mass is 10.2. The Kier molecular flexibility index (Phi) is 2.26. The van der Waals surface area contributed by atoms with Crippen LogP contribution in [0.4, 0.5) is 5.69 Å². The first kappa shape index (κ1) is 9.91. The third kappa shape index (κ3) is 1.76. The molecule has 2 rings (SSSR count). The molecule has 1 aromatic carbocycles. The van der Waals surface area contributed by atoms with E-state index in [4.69, 9.17) is 0 Å². The zero-order valence-electron chi connectivity index (χ0n) is 6.95. The summed E-state index contributed by atoms with van der Waals surface area (Å²) in [4.78, 5) is 11.2. The van der Waals surface area contributed by atoms with E-state index in [0.29, 0.717) is 5.69 Å². The number of hydrogen-bond acceptors (Lipinski definition) is 3. The molecule has 1 N–H and O–H groups in total. The van der Waals surface area contributed by atoms with Gasteiger partial charge in [0.2, 0.25) is 12.9 Å². The van der Waals surface area contributed by atoms with Crippen LogP contribution in [0.5, 0.6) is 0 Å². The highest BCUT2D eigenvalue weighted by Crippen LogP contribution is 2.27. The highest BCUT2D eigenvalue weighted by Gasteiger charge is 2.20. The van der Waals surface area contributed by atoms with E-state index >= 15 is 0 Å². The summed E-state index contributed by atoms with van der Waals surface area (Å²) in [6, 6.07) is 4.65. The zero-order chi connectivity index (χ0) is 10.3. The average Bonchev–Trinajstić information content (AvgIpc) is 2.41. The van der Waals surface area contributed by atoms with Crippen molar-refractivity contribution in [3.05, 3.63) is 23.8 Å². The van der Waals surface area contributed by atoms with E-state index in [1.54, 1.807) is 6.07 Å². The number of anilines is 1. The standard InChI is InChI=1S/C8H6INO3S/c9-14(12,13)6-1-2-7-5(3-6)4-8(11)10-7/h1-3H,4H2,(H,10,11). The average molecular weight is 323 g/mol. The van der Waals surface area contributed by atoms with Crippen LogP contribution < -0.4 is 5.32 Å². The molecule has 1 amide bonds. The molecule has 0 spiro atoms. The SMILES string of the molecule is O=C1Cc2cc(S(=O)(=O)I)ccc2N1. The van der Waals surface area contributed by atoms with Crippen molar-refractivity contribution in [2.24, 2.45) is 0 Å². The molecule has 0 unspecified atom stereocenters. The molecule has 1 aliphatic heterocycles. The van der Waals surface area contributed by atoms with Crippen LogP contribution in [-0.4, -0.2) is 14.3 Å². The summed E-state index contributed by atoms with van der Waals surface area (Å²) in [5.74, 6) is -0.0944. The predicted molar refractivity (Wildman–Crippen MR) is 60.0 cm³/mol. The molecule has 1 aliphatic rings. The number of nitrogens with one attached hydrogen (secondary N) is 1. The van der Waals surface area contributed by atoms with Gasteiger partial charge in [0.25, 0.3) is 0 Å². The van der Waals surface area contributed by atoms with Crippen LogP contribution in [0.2, 0.25) is 0 Å². The Labute approximate surface area is 93.2 Å². The summed E-state index contributed by atoms with van der Waals surface area (Å²) in [6.07, 6.45) is 0.259. The third-order valence-electron chi connectivity index (χ3n) is 1.98. The van der Waals surface area contributed by atoms with E-state index < -0.39 is 7.01 Å². The van der Waals surface area contributed by atoms with Gasteiger partial charge in [0.1, 0.15) is 0 Å². The van der Waals surface area contributed by atoms with Crippen LogP contribution in [0, 0.1) is 0 Å². The quantitative estimate of drug-likeness (QED) is 0.626. The highest BCUT2D eigenvalue weighted by atomic mass is 127. The summed E-state index contributed by atoms with van der Waals surface area (Å²) in [6.45, 7) is 0. The number of halogens is 1. The maximum atomic E-state index is 11.2. The summed E-state index contributed by atoms with van der Waals surface area (Å²) in [5, 5.41) is 2.64. The molecule has 1 heterocycles. The second-order valence-corrected chi connectivity index (χ2v) is 7.81. The Morgan fingerprint density at radius 3 is 2.71 bits per heavy atom. The molecule has 0 aliphatic carbocycles. The van der Waals surface area contributed by atoms with Gasteiger partial charge in [0.15, 0.2) is 0 Å². The molecule has 0 saturated heterocycles. The first-order valence-electron chi connectivity index (χ1n) is 3.84. The van der Waals surface area contributed by atoms with Crippen molar-refractivity contribution >= 4 is 39.8 Å². The van der Waals surface area contributed by atoms with Crippen LogP contribution in [0.25, 0.3) is 0 Å². The van der Waals surface area contributed by atoms with Crippen molar-refractivity contribution in [3.8, 4) is 0 Å². The first-order chi connectivity index (χ1) is 6.47. The number of carbonyl (C=O) groups is 1. The Morgan fingerprint density at radius 1 is 1.36 bits per heavy atom. The fourth-order valence-electron chi connectivity index (χ4n) is 1.36. The van der Waals surface area contributed by atoms with E-state index in [2.05, 4.69) is 5.32 Å². The fraction of sp³-hybridized carbons (Fsp3) is 0.125. The number of amides is 1. The van der Waals surface area contributed by atoms with E-state index in [-0.39, 0.29) is 17.2 Å². The van der Waals surface area contributed by atoms with E-state index in [1.807, 2.05) is 0 Å². The highest BCUT2D eigenvalue weighted by molar-refractivity contribution is 14.2. The van der Waals surface area contributed by atoms with Crippen molar-refractivity contribution in [1.82, 2.24) is 0 Å². The van der Waals surface area contributed by atoms with Crippen molar-refractivity contribution < 1.29 is 13.2 Å². The van der Waals surface area contributed by atoms with Crippen LogP contribution >= 0.6 is 21.2 Å². The first-order valence-corrected chi connectivity index (χ1v) is 7.87. The van der Waals surface area contributed by atoms with Gasteiger partial charge in [-0.3, -0.25) is 4.79 Å². The molecular formula is C8H6INO3S. The molecule has 4 nitrogen and oxygen atoms in total. The minimum atomic E-state index is -3.21. The molecule has 0 atom stereocenters. The normalized spacial score (nSPS) is 15.1. The molecular weight excluding hydrogens is 317 g/mol. The van der Waals surface area contributed by atoms with Crippen LogP contribution in [0.15, 0.2) is 23.1 Å². The summed E-state index contributed by atoms with van der Waals surface area (Å²) >= 11 is 1.38. The van der Waals surface area contributed by atoms with E-state index in [1.165, 1.54) is 33.3 Å². The predicted octanol–water partition coefficient (Wildman–Crippen LogP) is 1.30. The van der Waals surface area contributed by atoms with E-state index in [0.717, 1.165) is 5.56 Å². The van der Waals surface area contributed by atoms with Crippen LogP contribution in [0.1, 0.15) is 5.56 Å². The Balaban J connectivity index is 2.53. The van der Waals surface area contributed by atoms with Gasteiger partial charge in [-0.2, -0.15) is 0 Å². The maximum Gasteiger partial charge on any atom is 0.231 e. The van der Waals surface area contributed by atoms with Gasteiger partial charge in [0, 0.05) is 5.69 Å². The van der Waals surface area contributed by atoms with Gasteiger partial charge in [-0.15, -0.1) is 0 Å². The monoisotopic (exact) mass is 323 g/mol. The molecule has 0 saturated carbocycles. The van der Waals surface area contributed by atoms with Crippen molar-refractivity contribution in [2.75, 3.05) is 5.32 Å². The lowest BCUT2D eigenvalue weighted by molar-refractivity contribution is -0.115. The van der Waals surface area contributed by atoms with Gasteiger partial charge < -0.3 is 5.32 Å². The van der Waals surface area contributed by atoms with Crippen LogP contribution in [0.3, 0.4) is 0 Å². The molecule has 0 radical (unpaired) electrons. The molecule has 0 aromatic heterocycles. The van der Waals surface area contributed by atoms with Gasteiger partial charge in [-0.1, -0.05) is 0 Å². The van der Waals surface area contributed by atoms with Crippen molar-refractivity contribution in [2.45, 2.75) is 11.3 Å². The number of benzene rings is 1. The summed E-state index contributed by atoms with van der Waals surface area (Å²) in [5.41, 5.74) is 1.45. The second-order valence-electron chi connectivity index (χ2n) is 2.98. The van der Waals surface area contributed by atoms with E-state index in [9.17, 15) is 13.2 Å². The molecule has 14 heavy (non-hydrogen) atoms. The fourth-order valence-corrected chi connectivity index (χ4v) is 2.69. The third-order valence-corrected chi connectivity index (χ3v) is 4.33. The largest absolute Gasteiger partial charge is 0.326 e. The topological polar surface area (TPSA) is 63.2 Å². The number of rotatable bonds is 1. The summed E-state index contributed by atoms with van der Waals surface area (Å²) in [7, 11) is -3.21. The molecule has 74 valence electrons. The van der Waals surface area contributed by atoms with Gasteiger partial charge in [0.05, 0.1) is 32.5 Å². The molecule has 0 bridgehead atoms. The van der Waals surface area contributed by atoms with Gasteiger partial charge >= 0.3 is 0 Å². The molecule has 6 heteroatoms. The smallest absolute Gasteiger partial charge is 0.231 e. The minimum Gasteiger partial charge on any atom is -0.326 e. The summed E-state index contributed by atoms with van der Waals surface area (Å²) < 4.78 is 22.4. The molecule has 0 fully saturated rings. The van der Waals surface area contributed by atoms with Gasteiger partial charge in [-0.05, 0) is 23.8 Å². The molecule has 1 aromatic rings. The number of hydrogen-bond donors (Lipinski definition) is 1. The van der Waals surface area contributed by atoms with Crippen molar-refractivity contribution in [1.29, 1.82) is 0 Å². The Hall–Kier alpha value is -0.630. The Morgan fingerprint density at radius 2 is 2.07 bits per heavy atom. The zero-order valence-corrected chi connectivity index (χ0v) is 9.92. The maximum absolute atomic E-state index is 11.2. The Bertz CT molecular complexity index is 509. The lowest BCUT2D eigenvalue weighted by Gasteiger charge is -2.00. The lowest BCUT2D eigenvalue weighted by Crippen LogP contribution is -2.03. The van der Waals surface area contributed by atoms with Crippen LogP contribution in [-0.2, 0) is 18.2 Å². The number of fused-ring (bicyclic) bond motifs is 1. The number of carbonyl (C=O) groups excluding carboxylic acids is 1. The minimum absolute atomic E-state index is 0.0944. The van der Waals surface area contributed by atoms with Gasteiger partial charge in [-0.25, -0.2) is 8.42 Å².